The topological polar surface area (TPSA) is 216 Å². The SMILES string of the molecule is CCN1C=C(c2cccc(C(=O)O)c2C(=O)O)N(C)C1c1cccc(C(=O)O)c1C(=O)O.OB(O)O. The Bertz CT molecular complexity index is 1230. The number of nitrogens with zero attached hydrogens (tertiary/aromatic N) is 2. The molecule has 2 aromatic rings. The minimum absolute atomic E-state index is 0.145. The number of hydrogen-bond acceptors (Lipinski definition) is 9. The molecule has 190 valence electrons. The molecular formula is C22H23BN2O11. The number of carboxylic acid groups (broad SMARTS) is 4. The molecule has 1 aliphatic rings. The molecule has 0 amide bonds. The van der Waals surface area contributed by atoms with Crippen molar-refractivity contribution in [3.8, 4) is 0 Å². The van der Waals surface area contributed by atoms with Gasteiger partial charge in [0.05, 0.1) is 28.0 Å². The second-order valence-electron chi connectivity index (χ2n) is 7.39. The van der Waals surface area contributed by atoms with Gasteiger partial charge in [0.25, 0.3) is 0 Å². The van der Waals surface area contributed by atoms with E-state index in [1.54, 1.807) is 30.0 Å². The molecule has 1 heterocycles. The Balaban J connectivity index is 0.00000106. The highest BCUT2D eigenvalue weighted by Gasteiger charge is 2.36. The summed E-state index contributed by atoms with van der Waals surface area (Å²) in [6.07, 6.45) is 0.854. The predicted molar refractivity (Wildman–Crippen MR) is 124 cm³/mol. The molecule has 1 unspecified atom stereocenters. The number of hydrogen-bond donors (Lipinski definition) is 7. The summed E-state index contributed by atoms with van der Waals surface area (Å²) in [6.45, 7) is 2.18. The van der Waals surface area contributed by atoms with Crippen molar-refractivity contribution in [1.82, 2.24) is 9.80 Å². The van der Waals surface area contributed by atoms with Crippen LogP contribution in [0, 0.1) is 0 Å². The van der Waals surface area contributed by atoms with Gasteiger partial charge in [-0.2, -0.15) is 0 Å². The van der Waals surface area contributed by atoms with Crippen molar-refractivity contribution in [2.24, 2.45) is 0 Å². The van der Waals surface area contributed by atoms with Crippen molar-refractivity contribution in [2.45, 2.75) is 13.1 Å². The van der Waals surface area contributed by atoms with Gasteiger partial charge in [-0.25, -0.2) is 19.2 Å². The van der Waals surface area contributed by atoms with E-state index in [2.05, 4.69) is 0 Å². The van der Waals surface area contributed by atoms with E-state index < -0.39 is 42.9 Å². The molecule has 1 aliphatic heterocycles. The van der Waals surface area contributed by atoms with E-state index in [1.165, 1.54) is 36.4 Å². The highest BCUT2D eigenvalue weighted by Crippen LogP contribution is 2.41. The van der Waals surface area contributed by atoms with Crippen LogP contribution in [-0.2, 0) is 0 Å². The van der Waals surface area contributed by atoms with Crippen LogP contribution in [0.5, 0.6) is 0 Å². The first-order valence-corrected chi connectivity index (χ1v) is 10.3. The van der Waals surface area contributed by atoms with Gasteiger partial charge >= 0.3 is 31.2 Å². The Kier molecular flexibility index (Phi) is 8.78. The Morgan fingerprint density at radius 2 is 1.28 bits per heavy atom. The molecule has 0 bridgehead atoms. The maximum Gasteiger partial charge on any atom is 0.631 e. The number of rotatable bonds is 7. The molecule has 2 aromatic carbocycles. The second kappa shape index (κ2) is 11.4. The van der Waals surface area contributed by atoms with Gasteiger partial charge in [-0.05, 0) is 19.1 Å². The van der Waals surface area contributed by atoms with Gasteiger partial charge < -0.3 is 45.3 Å². The number of benzene rings is 2. The van der Waals surface area contributed by atoms with Crippen molar-refractivity contribution in [1.29, 1.82) is 0 Å². The normalized spacial score (nSPS) is 14.5. The fourth-order valence-corrected chi connectivity index (χ4v) is 3.96. The van der Waals surface area contributed by atoms with Crippen molar-refractivity contribution >= 4 is 36.9 Å². The standard InChI is InChI=1S/C22H20N2O8.BH3O3/c1-3-24-10-15(11-6-4-8-13(19(25)26)16(11)21(29)30)23(2)18(24)12-7-5-9-14(20(27)28)17(12)22(31)32;2-1(3)4/h4-10,18H,3H2,1-2H3,(H,25,26)(H,27,28)(H,29,30)(H,31,32);2-4H. The van der Waals surface area contributed by atoms with E-state index in [1.807, 2.05) is 0 Å². The van der Waals surface area contributed by atoms with Crippen LogP contribution >= 0.6 is 0 Å². The smallest absolute Gasteiger partial charge is 0.478 e. The zero-order chi connectivity index (χ0) is 27.3. The summed E-state index contributed by atoms with van der Waals surface area (Å²) in [5, 5.41) is 59.8. The molecule has 0 radical (unpaired) electrons. The first kappa shape index (κ1) is 27.8. The Morgan fingerprint density at radius 1 is 0.806 bits per heavy atom. The van der Waals surface area contributed by atoms with Gasteiger partial charge in [0.15, 0.2) is 0 Å². The summed E-state index contributed by atoms with van der Waals surface area (Å²) in [4.78, 5) is 50.4. The van der Waals surface area contributed by atoms with Gasteiger partial charge in [0.2, 0.25) is 0 Å². The van der Waals surface area contributed by atoms with E-state index in [4.69, 9.17) is 15.1 Å². The Hall–Kier alpha value is -4.40. The maximum absolute atomic E-state index is 12.0. The third-order valence-electron chi connectivity index (χ3n) is 5.32. The lowest BCUT2D eigenvalue weighted by Gasteiger charge is -2.32. The molecule has 3 rings (SSSR count). The van der Waals surface area contributed by atoms with Crippen LogP contribution in [0.2, 0.25) is 0 Å². The fraction of sp³-hybridized carbons (Fsp3) is 0.182. The summed E-state index contributed by atoms with van der Waals surface area (Å²) < 4.78 is 0. The average Bonchev–Trinajstić information content (AvgIpc) is 3.13. The lowest BCUT2D eigenvalue weighted by atomic mass is 9.96. The Morgan fingerprint density at radius 3 is 1.72 bits per heavy atom. The summed E-state index contributed by atoms with van der Waals surface area (Å²) in [5.74, 6) is -5.60. The molecule has 1 atom stereocenters. The number of carboxylic acids is 4. The summed E-state index contributed by atoms with van der Waals surface area (Å²) >= 11 is 0. The summed E-state index contributed by atoms with van der Waals surface area (Å²) in [7, 11) is -0.565. The predicted octanol–water partition coefficient (Wildman–Crippen LogP) is 0.692. The van der Waals surface area contributed by atoms with Gasteiger partial charge in [-0.1, -0.05) is 24.3 Å². The van der Waals surface area contributed by atoms with E-state index in [9.17, 15) is 39.6 Å². The quantitative estimate of drug-likeness (QED) is 0.260. The van der Waals surface area contributed by atoms with Gasteiger partial charge in [0, 0.05) is 30.9 Å². The molecule has 0 saturated heterocycles. The minimum Gasteiger partial charge on any atom is -0.478 e. The monoisotopic (exact) mass is 502 g/mol. The molecule has 0 aliphatic carbocycles. The zero-order valence-electron chi connectivity index (χ0n) is 19.1. The maximum atomic E-state index is 12.0. The molecule has 0 fully saturated rings. The third-order valence-corrected chi connectivity index (χ3v) is 5.32. The van der Waals surface area contributed by atoms with Crippen LogP contribution in [0.1, 0.15) is 65.6 Å². The van der Waals surface area contributed by atoms with Crippen LogP contribution in [-0.4, -0.2) is 90.1 Å². The molecule has 0 saturated carbocycles. The molecule has 0 spiro atoms. The fourth-order valence-electron chi connectivity index (χ4n) is 3.96. The molecule has 7 N–H and O–H groups in total. The van der Waals surface area contributed by atoms with E-state index in [0.717, 1.165) is 0 Å². The largest absolute Gasteiger partial charge is 0.631 e. The molecule has 14 heteroatoms. The van der Waals surface area contributed by atoms with Crippen LogP contribution in [0.3, 0.4) is 0 Å². The lowest BCUT2D eigenvalue weighted by Crippen LogP contribution is -2.31. The third kappa shape index (κ3) is 5.63. The van der Waals surface area contributed by atoms with E-state index >= 15 is 0 Å². The lowest BCUT2D eigenvalue weighted by molar-refractivity contribution is 0.0646. The number of carbonyl (C=O) groups is 4. The zero-order valence-corrected chi connectivity index (χ0v) is 19.1. The first-order chi connectivity index (χ1) is 16.8. The van der Waals surface area contributed by atoms with Crippen molar-refractivity contribution in [2.75, 3.05) is 13.6 Å². The molecule has 13 nitrogen and oxygen atoms in total. The van der Waals surface area contributed by atoms with Crippen molar-refractivity contribution < 1.29 is 54.7 Å². The second-order valence-corrected chi connectivity index (χ2v) is 7.39. The molecular weight excluding hydrogens is 479 g/mol. The van der Waals surface area contributed by atoms with E-state index in [-0.39, 0.29) is 27.8 Å². The first-order valence-electron chi connectivity index (χ1n) is 10.3. The van der Waals surface area contributed by atoms with Crippen LogP contribution < -0.4 is 0 Å². The Labute approximate surface area is 204 Å². The summed E-state index contributed by atoms with van der Waals surface area (Å²) in [6, 6.07) is 8.24. The van der Waals surface area contributed by atoms with Gasteiger partial charge in [-0.3, -0.25) is 0 Å². The van der Waals surface area contributed by atoms with Crippen molar-refractivity contribution in [3.05, 3.63) is 76.0 Å². The van der Waals surface area contributed by atoms with Crippen LogP contribution in [0.25, 0.3) is 5.70 Å². The van der Waals surface area contributed by atoms with E-state index in [0.29, 0.717) is 12.2 Å². The van der Waals surface area contributed by atoms with Crippen LogP contribution in [0.4, 0.5) is 0 Å². The number of aromatic carboxylic acids is 4. The van der Waals surface area contributed by atoms with Crippen molar-refractivity contribution in [3.63, 3.8) is 0 Å². The molecule has 0 aromatic heterocycles. The minimum atomic E-state index is -2.17. The summed E-state index contributed by atoms with van der Waals surface area (Å²) in [5.41, 5.74) is -0.807. The van der Waals surface area contributed by atoms with Gasteiger partial charge in [0.1, 0.15) is 6.17 Å². The molecule has 36 heavy (non-hydrogen) atoms. The average molecular weight is 502 g/mol. The highest BCUT2D eigenvalue weighted by atomic mass is 16.5. The highest BCUT2D eigenvalue weighted by molar-refractivity contribution is 6.30. The van der Waals surface area contributed by atoms with Crippen LogP contribution in [0.15, 0.2) is 42.6 Å². The van der Waals surface area contributed by atoms with Gasteiger partial charge in [-0.15, -0.1) is 0 Å².